The van der Waals surface area contributed by atoms with Crippen molar-refractivity contribution in [2.24, 2.45) is 22.9 Å². The molecule has 0 aromatic heterocycles. The van der Waals surface area contributed by atoms with Crippen LogP contribution in [-0.2, 0) is 9.57 Å². The minimum atomic E-state index is -1.37. The number of hydrogen-bond donors (Lipinski definition) is 2. The Kier molecular flexibility index (Phi) is 13.6. The van der Waals surface area contributed by atoms with E-state index in [1.165, 1.54) is 0 Å². The van der Waals surface area contributed by atoms with Crippen LogP contribution in [-0.4, -0.2) is 78.8 Å². The van der Waals surface area contributed by atoms with Crippen LogP contribution in [0.3, 0.4) is 0 Å². The van der Waals surface area contributed by atoms with Crippen LogP contribution in [0.1, 0.15) is 80.1 Å². The van der Waals surface area contributed by atoms with Gasteiger partial charge in [-0.25, -0.2) is 0 Å². The monoisotopic (exact) mass is 842 g/mol. The quantitative estimate of drug-likeness (QED) is 0.0539. The largest absolute Gasteiger partial charge is 0.459 e. The molecule has 6 atom stereocenters. The number of nitrogens with zero attached hydrogens (tertiary/aromatic N) is 2. The van der Waals surface area contributed by atoms with Crippen LogP contribution in [0.5, 0.6) is 28.7 Å². The Morgan fingerprint density at radius 1 is 0.887 bits per heavy atom. The molecular weight excluding hydrogens is 785 g/mol. The fraction of sp³-hybridized carbons (Fsp3) is 0.412. The number of fused-ring (bicyclic) bond motifs is 3. The highest BCUT2D eigenvalue weighted by Gasteiger charge is 2.65. The molecule has 11 heteroatoms. The van der Waals surface area contributed by atoms with Crippen LogP contribution < -0.4 is 18.9 Å². The van der Waals surface area contributed by atoms with Crippen molar-refractivity contribution in [1.29, 1.82) is 0 Å². The summed E-state index contributed by atoms with van der Waals surface area (Å²) in [4.78, 5) is 22.5. The first-order valence-electron chi connectivity index (χ1n) is 22.1. The van der Waals surface area contributed by atoms with Crippen molar-refractivity contribution in [3.8, 4) is 39.9 Å². The van der Waals surface area contributed by atoms with Crippen molar-refractivity contribution in [3.05, 3.63) is 126 Å². The molecule has 62 heavy (non-hydrogen) atoms. The zero-order valence-electron chi connectivity index (χ0n) is 35.7. The Hall–Kier alpha value is -5.62. The van der Waals surface area contributed by atoms with Gasteiger partial charge in [0.15, 0.2) is 11.5 Å². The Morgan fingerprint density at radius 3 is 2.35 bits per heavy atom. The molecule has 0 saturated heterocycles. The number of carbonyl (C=O) groups excluding carboxylic acids is 1. The van der Waals surface area contributed by atoms with E-state index in [-0.39, 0.29) is 50.3 Å². The highest BCUT2D eigenvalue weighted by molar-refractivity contribution is 6.03. The van der Waals surface area contributed by atoms with Gasteiger partial charge in [-0.15, -0.1) is 6.58 Å². The third kappa shape index (κ3) is 8.58. The molecule has 2 aliphatic carbocycles. The smallest absolute Gasteiger partial charge is 0.254 e. The van der Waals surface area contributed by atoms with Crippen LogP contribution in [0.15, 0.2) is 120 Å². The zero-order valence-corrected chi connectivity index (χ0v) is 35.7. The van der Waals surface area contributed by atoms with Gasteiger partial charge in [-0.05, 0) is 109 Å². The molecule has 2 aliphatic heterocycles. The van der Waals surface area contributed by atoms with E-state index < -0.39 is 17.7 Å². The fourth-order valence-electron chi connectivity index (χ4n) is 10.1. The first-order valence-corrected chi connectivity index (χ1v) is 22.1. The topological polar surface area (TPSA) is 129 Å². The first kappa shape index (κ1) is 43.0. The van der Waals surface area contributed by atoms with E-state index in [2.05, 4.69) is 49.9 Å². The Bertz CT molecular complexity index is 2240. The highest BCUT2D eigenvalue weighted by atomic mass is 16.7. The van der Waals surface area contributed by atoms with Crippen molar-refractivity contribution in [1.82, 2.24) is 4.90 Å². The lowest BCUT2D eigenvalue weighted by molar-refractivity contribution is -0.254. The molecule has 0 spiro atoms. The van der Waals surface area contributed by atoms with Crippen molar-refractivity contribution < 1.29 is 43.5 Å². The Morgan fingerprint density at radius 2 is 1.61 bits per heavy atom. The molecular formula is C51H58N2O9. The summed E-state index contributed by atoms with van der Waals surface area (Å²) in [5.74, 6) is 1.18. The van der Waals surface area contributed by atoms with Gasteiger partial charge in [-0.3, -0.25) is 4.79 Å². The summed E-state index contributed by atoms with van der Waals surface area (Å²) in [5.41, 5.74) is 5.40. The van der Waals surface area contributed by atoms with Crippen molar-refractivity contribution in [3.63, 3.8) is 0 Å². The van der Waals surface area contributed by atoms with E-state index in [9.17, 15) is 15.0 Å². The molecule has 0 unspecified atom stereocenters. The number of unbranched alkanes of at least 4 members (excludes halogenated alkanes) is 2. The molecule has 1 saturated carbocycles. The van der Waals surface area contributed by atoms with E-state index in [1.807, 2.05) is 47.4 Å². The summed E-state index contributed by atoms with van der Waals surface area (Å²) in [6.45, 7) is 7.02. The maximum absolute atomic E-state index is 15.0. The van der Waals surface area contributed by atoms with Crippen molar-refractivity contribution >= 4 is 11.6 Å². The molecule has 326 valence electrons. The van der Waals surface area contributed by atoms with Crippen LogP contribution in [0.25, 0.3) is 11.1 Å². The lowest BCUT2D eigenvalue weighted by Crippen LogP contribution is -2.70. The predicted molar refractivity (Wildman–Crippen MR) is 238 cm³/mol. The molecule has 4 aliphatic rings. The number of ether oxygens (including phenoxy) is 5. The van der Waals surface area contributed by atoms with Gasteiger partial charge in [0.05, 0.1) is 18.2 Å². The molecule has 0 bridgehead atoms. The highest BCUT2D eigenvalue weighted by Crippen LogP contribution is 2.62. The summed E-state index contributed by atoms with van der Waals surface area (Å²) in [7, 11) is 1.56. The molecule has 4 aromatic carbocycles. The third-order valence-electron chi connectivity index (χ3n) is 12.8. The number of hydrogen-bond acceptors (Lipinski definition) is 10. The normalized spacial score (nSPS) is 23.7. The molecule has 2 N–H and O–H groups in total. The van der Waals surface area contributed by atoms with Gasteiger partial charge >= 0.3 is 0 Å². The molecule has 1 fully saturated rings. The van der Waals surface area contributed by atoms with E-state index in [1.54, 1.807) is 31.4 Å². The number of carbonyl (C=O) groups is 1. The molecule has 4 aromatic rings. The number of benzene rings is 4. The van der Waals surface area contributed by atoms with E-state index in [0.717, 1.165) is 53.7 Å². The van der Waals surface area contributed by atoms with Gasteiger partial charge in [-0.1, -0.05) is 79.5 Å². The summed E-state index contributed by atoms with van der Waals surface area (Å²) in [6, 6.07) is 29.0. The summed E-state index contributed by atoms with van der Waals surface area (Å²) >= 11 is 0. The van der Waals surface area contributed by atoms with Crippen molar-refractivity contribution in [2.75, 3.05) is 40.3 Å². The number of oxime groups is 1. The molecule has 0 radical (unpaired) electrons. The number of rotatable bonds is 19. The lowest BCUT2D eigenvalue weighted by atomic mass is 9.55. The number of aliphatic hydroxyl groups is 2. The molecule has 1 amide bonds. The fourth-order valence-corrected chi connectivity index (χ4v) is 10.1. The van der Waals surface area contributed by atoms with Crippen molar-refractivity contribution in [2.45, 2.75) is 76.0 Å². The summed E-state index contributed by atoms with van der Waals surface area (Å²) < 4.78 is 32.4. The van der Waals surface area contributed by atoms with Gasteiger partial charge in [-0.2, -0.15) is 0 Å². The second kappa shape index (κ2) is 19.6. The maximum Gasteiger partial charge on any atom is 0.254 e. The number of aliphatic hydroxyl groups excluding tert-OH is 2. The molecule has 11 nitrogen and oxygen atoms in total. The maximum atomic E-state index is 15.0. The minimum Gasteiger partial charge on any atom is -0.459 e. The van der Waals surface area contributed by atoms with Gasteiger partial charge < -0.3 is 43.6 Å². The van der Waals surface area contributed by atoms with Gasteiger partial charge in [0.25, 0.3) is 5.91 Å². The van der Waals surface area contributed by atoms with Crippen LogP contribution in [0, 0.1) is 17.8 Å². The lowest BCUT2D eigenvalue weighted by Gasteiger charge is -2.60. The van der Waals surface area contributed by atoms with Crippen LogP contribution >= 0.6 is 0 Å². The van der Waals surface area contributed by atoms with Gasteiger partial charge in [0, 0.05) is 43.2 Å². The Labute approximate surface area is 364 Å². The summed E-state index contributed by atoms with van der Waals surface area (Å²) in [5, 5.41) is 24.6. The standard InChI is InChI=1S/C51H58N2O9/c1-4-25-53(50(56)37-19-23-45-46(30-37)59-33-58-45)47-32-43(52-57-3)41-29-36(15-9-11-26-54)40(16-10-12-27-55)48-42-31-39(22-24-44(42)62-51(47,49(41)48)60-28-5-2)61-38-20-17-35(18-21-38)34-13-7-6-8-14-34/h5-8,13-14,17-24,29-31,36,40,47-49,54-55H,2,4,9-12,15-16,25-28,32-33H2,1,3H3/t36-,40+,47-,48+,49+,51+/m0/s1. The third-order valence-corrected chi connectivity index (χ3v) is 12.8. The van der Waals surface area contributed by atoms with E-state index >= 15 is 0 Å². The average Bonchev–Trinajstić information content (AvgIpc) is 3.78. The molecule has 8 rings (SSSR count). The van der Waals surface area contributed by atoms with E-state index in [0.29, 0.717) is 66.5 Å². The van der Waals surface area contributed by atoms with E-state index in [4.69, 9.17) is 33.7 Å². The van der Waals surface area contributed by atoms with Crippen LogP contribution in [0.2, 0.25) is 0 Å². The zero-order chi connectivity index (χ0) is 43.1. The van der Waals surface area contributed by atoms with Gasteiger partial charge in [0.2, 0.25) is 12.6 Å². The summed E-state index contributed by atoms with van der Waals surface area (Å²) in [6.07, 6.45) is 9.76. The second-order valence-corrected chi connectivity index (χ2v) is 16.5. The number of allylic oxidation sites excluding steroid dienone is 1. The SMILES string of the molecule is C=CCO[C@@]12Oc3ccc(Oc4ccc(-c5ccccc5)cc4)cc3[C@H]3[C@H](CCCCO)[C@@H](CCCCO)C=C(C(=NOC)C[C@@H]1N(CCC)C(=O)c1ccc4c(c1)OCO4)[C@H]32. The molecule has 2 heterocycles. The predicted octanol–water partition coefficient (Wildman–Crippen LogP) is 9.69. The van der Waals surface area contributed by atoms with Gasteiger partial charge in [0.1, 0.15) is 30.4 Å². The average molecular weight is 843 g/mol. The number of amides is 1. The van der Waals surface area contributed by atoms with Crippen LogP contribution in [0.4, 0.5) is 0 Å². The second-order valence-electron chi connectivity index (χ2n) is 16.5. The Balaban J connectivity index is 1.27. The first-order chi connectivity index (χ1) is 30.4. The minimum absolute atomic E-state index is 0.0792.